The van der Waals surface area contributed by atoms with Crippen molar-refractivity contribution in [2.75, 3.05) is 0 Å². The smallest absolute Gasteiger partial charge is 0.0768 e. The summed E-state index contributed by atoms with van der Waals surface area (Å²) in [6.45, 7) is 5.79. The van der Waals surface area contributed by atoms with Crippen LogP contribution in [0.1, 0.15) is 33.1 Å². The van der Waals surface area contributed by atoms with Gasteiger partial charge in [0.05, 0.1) is 0 Å². The summed E-state index contributed by atoms with van der Waals surface area (Å²) in [5.74, 6) is 1.02. The van der Waals surface area contributed by atoms with Gasteiger partial charge in [-0.15, -0.1) is 0 Å². The van der Waals surface area contributed by atoms with Crippen molar-refractivity contribution in [1.82, 2.24) is 0 Å². The predicted octanol–water partition coefficient (Wildman–Crippen LogP) is 3.08. The first-order valence-corrected chi connectivity index (χ1v) is 4.34. The minimum absolute atomic E-state index is 1.02. The van der Waals surface area contributed by atoms with Crippen LogP contribution in [0.4, 0.5) is 0 Å². The highest BCUT2D eigenvalue weighted by molar-refractivity contribution is 6.60. The molecule has 0 aromatic heterocycles. The van der Waals surface area contributed by atoms with E-state index in [4.69, 9.17) is 0 Å². The van der Waals surface area contributed by atoms with Gasteiger partial charge in [0.2, 0.25) is 0 Å². The van der Waals surface area contributed by atoms with E-state index in [2.05, 4.69) is 13.8 Å². The van der Waals surface area contributed by atoms with Crippen LogP contribution in [-0.2, 0) is 0 Å². The molecule has 0 radical (unpaired) electrons. The van der Waals surface area contributed by atoms with Crippen LogP contribution in [0.25, 0.3) is 0 Å². The minimum atomic E-state index is 1.02. The predicted molar refractivity (Wildman–Crippen MR) is 44.3 cm³/mol. The highest BCUT2D eigenvalue weighted by atomic mass is 14.0. The molecule has 1 heterocycles. The number of hydrogen-bond acceptors (Lipinski definition) is 0. The molecule has 1 heteroatoms. The van der Waals surface area contributed by atoms with Gasteiger partial charge in [-0.25, -0.2) is 0 Å². The Kier molecular flexibility index (Phi) is 2.62. The Balaban J connectivity index is 2.30. The molecule has 0 saturated carbocycles. The molecular weight excluding hydrogens is 107 g/mol. The topological polar surface area (TPSA) is 0 Å². The highest BCUT2D eigenvalue weighted by Crippen LogP contribution is 2.29. The van der Waals surface area contributed by atoms with E-state index < -0.39 is 0 Å². The van der Waals surface area contributed by atoms with Crippen molar-refractivity contribution in [3.8, 4) is 0 Å². The first-order chi connectivity index (χ1) is 4.34. The second-order valence-electron chi connectivity index (χ2n) is 3.43. The van der Waals surface area contributed by atoms with E-state index in [1.807, 2.05) is 0 Å². The van der Waals surface area contributed by atoms with Crippen molar-refractivity contribution in [3.63, 3.8) is 0 Å². The highest BCUT2D eigenvalue weighted by Gasteiger charge is 2.22. The maximum atomic E-state index is 2.41. The van der Waals surface area contributed by atoms with Crippen molar-refractivity contribution in [3.05, 3.63) is 0 Å². The number of rotatable bonds is 1. The molecule has 0 aliphatic carbocycles. The molecule has 1 atom stereocenters. The van der Waals surface area contributed by atoms with Crippen molar-refractivity contribution in [1.29, 1.82) is 0 Å². The quantitative estimate of drug-likeness (QED) is 0.471. The molecule has 1 unspecified atom stereocenters. The molecule has 1 saturated heterocycles. The Morgan fingerprint density at radius 2 is 2.22 bits per heavy atom. The zero-order valence-electron chi connectivity index (χ0n) is 6.69. The van der Waals surface area contributed by atoms with Gasteiger partial charge in [-0.3, -0.25) is 0 Å². The monoisotopic (exact) mass is 124 g/mol. The molecule has 1 fully saturated rings. The second-order valence-corrected chi connectivity index (χ2v) is 3.43. The fraction of sp³-hybridized carbons (Fsp3) is 1.00. The van der Waals surface area contributed by atoms with Gasteiger partial charge in [0, 0.05) is 0 Å². The Morgan fingerprint density at radius 1 is 1.44 bits per heavy atom. The lowest BCUT2D eigenvalue weighted by Gasteiger charge is -2.24. The SMILES string of the molecule is CCB1CCCCC1C. The van der Waals surface area contributed by atoms with E-state index in [0.29, 0.717) is 0 Å². The summed E-state index contributed by atoms with van der Waals surface area (Å²) in [4.78, 5) is 0. The van der Waals surface area contributed by atoms with Crippen LogP contribution < -0.4 is 0 Å². The Labute approximate surface area is 59.1 Å². The van der Waals surface area contributed by atoms with Crippen molar-refractivity contribution in [2.24, 2.45) is 0 Å². The third-order valence-corrected chi connectivity index (χ3v) is 2.81. The average Bonchev–Trinajstić information content (AvgIpc) is 1.89. The molecule has 1 rings (SSSR count). The number of hydrogen-bond donors (Lipinski definition) is 0. The van der Waals surface area contributed by atoms with Crippen LogP contribution in [0, 0.1) is 0 Å². The molecule has 0 N–H and O–H groups in total. The zero-order valence-corrected chi connectivity index (χ0v) is 6.69. The molecule has 52 valence electrons. The molecule has 0 nitrogen and oxygen atoms in total. The standard InChI is InChI=1S/C8H17B/c1-3-9-7-5-4-6-8(9)2/h8H,3-7H2,1-2H3. The normalized spacial score (nSPS) is 28.7. The van der Waals surface area contributed by atoms with Gasteiger partial charge in [0.25, 0.3) is 0 Å². The fourth-order valence-electron chi connectivity index (χ4n) is 2.00. The van der Waals surface area contributed by atoms with Crippen molar-refractivity contribution < 1.29 is 0 Å². The molecule has 9 heavy (non-hydrogen) atoms. The van der Waals surface area contributed by atoms with Crippen LogP contribution in [0.5, 0.6) is 0 Å². The molecule has 0 aromatic carbocycles. The summed E-state index contributed by atoms with van der Waals surface area (Å²) < 4.78 is 0. The fourth-order valence-corrected chi connectivity index (χ4v) is 2.00. The summed E-state index contributed by atoms with van der Waals surface area (Å²) in [6.07, 6.45) is 7.36. The molecule has 0 aromatic rings. The van der Waals surface area contributed by atoms with E-state index in [1.54, 1.807) is 0 Å². The van der Waals surface area contributed by atoms with Gasteiger partial charge in [0.15, 0.2) is 0 Å². The van der Waals surface area contributed by atoms with Gasteiger partial charge in [-0.2, -0.15) is 0 Å². The lowest BCUT2D eigenvalue weighted by Crippen LogP contribution is -2.20. The Bertz CT molecular complexity index is 80.6. The summed E-state index contributed by atoms with van der Waals surface area (Å²) in [5.41, 5.74) is 0. The summed E-state index contributed by atoms with van der Waals surface area (Å²) >= 11 is 0. The maximum Gasteiger partial charge on any atom is 0.142 e. The van der Waals surface area contributed by atoms with Crippen LogP contribution in [-0.4, -0.2) is 6.71 Å². The first kappa shape index (κ1) is 7.18. The molecule has 0 amide bonds. The van der Waals surface area contributed by atoms with E-state index in [9.17, 15) is 0 Å². The van der Waals surface area contributed by atoms with Gasteiger partial charge in [0.1, 0.15) is 6.71 Å². The average molecular weight is 124 g/mol. The van der Waals surface area contributed by atoms with Crippen LogP contribution >= 0.6 is 0 Å². The minimum Gasteiger partial charge on any atom is -0.0768 e. The van der Waals surface area contributed by atoms with Gasteiger partial charge < -0.3 is 0 Å². The maximum absolute atomic E-state index is 2.41. The summed E-state index contributed by atoms with van der Waals surface area (Å²) in [5, 5.41) is 0. The van der Waals surface area contributed by atoms with Crippen molar-refractivity contribution >= 4 is 6.71 Å². The van der Waals surface area contributed by atoms with Gasteiger partial charge in [-0.05, 0) is 0 Å². The van der Waals surface area contributed by atoms with Crippen molar-refractivity contribution in [2.45, 2.75) is 51.6 Å². The summed E-state index contributed by atoms with van der Waals surface area (Å²) in [6, 6.07) is 0. The first-order valence-electron chi connectivity index (χ1n) is 4.34. The van der Waals surface area contributed by atoms with E-state index in [1.165, 1.54) is 31.9 Å². The summed E-state index contributed by atoms with van der Waals surface area (Å²) in [7, 11) is 0. The van der Waals surface area contributed by atoms with E-state index in [0.717, 1.165) is 12.5 Å². The largest absolute Gasteiger partial charge is 0.142 e. The third kappa shape index (κ3) is 1.74. The van der Waals surface area contributed by atoms with Crippen LogP contribution in [0.2, 0.25) is 18.5 Å². The molecule has 0 bridgehead atoms. The lowest BCUT2D eigenvalue weighted by molar-refractivity contribution is 0.644. The third-order valence-electron chi connectivity index (χ3n) is 2.81. The lowest BCUT2D eigenvalue weighted by atomic mass is 9.35. The Morgan fingerprint density at radius 3 is 2.67 bits per heavy atom. The molecule has 1 aliphatic heterocycles. The Hall–Kier alpha value is 0.0649. The van der Waals surface area contributed by atoms with Crippen LogP contribution in [0.3, 0.4) is 0 Å². The van der Waals surface area contributed by atoms with Crippen LogP contribution in [0.15, 0.2) is 0 Å². The second kappa shape index (κ2) is 3.29. The molecule has 0 spiro atoms. The van der Waals surface area contributed by atoms with Gasteiger partial charge >= 0.3 is 0 Å². The van der Waals surface area contributed by atoms with E-state index in [-0.39, 0.29) is 0 Å². The van der Waals surface area contributed by atoms with E-state index >= 15 is 0 Å². The van der Waals surface area contributed by atoms with Gasteiger partial charge in [-0.1, -0.05) is 51.6 Å². The molecular formula is C8H17B. The molecule has 1 aliphatic rings. The zero-order chi connectivity index (χ0) is 6.69.